The molecule has 20 heavy (non-hydrogen) atoms. The normalized spacial score (nSPS) is 28.5. The summed E-state index contributed by atoms with van der Waals surface area (Å²) >= 11 is 0. The number of hydrogen-bond acceptors (Lipinski definition) is 3. The number of nitrogens with zero attached hydrogens (tertiary/aromatic N) is 1. The first kappa shape index (κ1) is 15.3. The average molecular weight is 300 g/mol. The second kappa shape index (κ2) is 5.33. The quantitative estimate of drug-likeness (QED) is 0.853. The Morgan fingerprint density at radius 3 is 2.55 bits per heavy atom. The van der Waals surface area contributed by atoms with E-state index in [1.54, 1.807) is 0 Å². The van der Waals surface area contributed by atoms with Gasteiger partial charge in [0.25, 0.3) is 0 Å². The maximum Gasteiger partial charge on any atom is 0.245 e. The summed E-state index contributed by atoms with van der Waals surface area (Å²) in [6.07, 6.45) is 1.01. The van der Waals surface area contributed by atoms with Crippen molar-refractivity contribution in [2.45, 2.75) is 38.1 Å². The van der Waals surface area contributed by atoms with Crippen LogP contribution in [0.15, 0.2) is 23.1 Å². The van der Waals surface area contributed by atoms with E-state index in [1.165, 1.54) is 10.4 Å². The molecule has 0 aliphatic carbocycles. The lowest BCUT2D eigenvalue weighted by Gasteiger charge is -2.40. The molecule has 3 atom stereocenters. The number of benzene rings is 1. The third-order valence-corrected chi connectivity index (χ3v) is 6.13. The first-order chi connectivity index (χ1) is 9.23. The molecule has 0 radical (unpaired) electrons. The molecule has 0 bridgehead atoms. The highest BCUT2D eigenvalue weighted by Crippen LogP contribution is 2.33. The van der Waals surface area contributed by atoms with Crippen LogP contribution in [-0.2, 0) is 10.0 Å². The number of nitrogen functional groups attached to an aromatic ring is 1. The van der Waals surface area contributed by atoms with E-state index < -0.39 is 15.8 Å². The van der Waals surface area contributed by atoms with Gasteiger partial charge in [0.05, 0.1) is 5.69 Å². The lowest BCUT2D eigenvalue weighted by Crippen LogP contribution is -2.48. The van der Waals surface area contributed by atoms with Crippen molar-refractivity contribution in [1.29, 1.82) is 0 Å². The van der Waals surface area contributed by atoms with Gasteiger partial charge in [0.15, 0.2) is 0 Å². The smallest absolute Gasteiger partial charge is 0.245 e. The van der Waals surface area contributed by atoms with Crippen LogP contribution in [0.5, 0.6) is 0 Å². The molecule has 0 spiro atoms. The van der Waals surface area contributed by atoms with Gasteiger partial charge < -0.3 is 5.73 Å². The SMILES string of the molecule is CC1CC(C)C(C)N(S(=O)(=O)c2ccc(F)cc2N)C1. The van der Waals surface area contributed by atoms with Crippen molar-refractivity contribution in [3.63, 3.8) is 0 Å². The van der Waals surface area contributed by atoms with Gasteiger partial charge in [-0.15, -0.1) is 0 Å². The van der Waals surface area contributed by atoms with E-state index >= 15 is 0 Å². The molecule has 1 fully saturated rings. The third kappa shape index (κ3) is 2.67. The topological polar surface area (TPSA) is 63.4 Å². The molecule has 4 nitrogen and oxygen atoms in total. The molecular weight excluding hydrogens is 279 g/mol. The van der Waals surface area contributed by atoms with Gasteiger partial charge in [-0.2, -0.15) is 4.31 Å². The van der Waals surface area contributed by atoms with E-state index in [1.807, 2.05) is 13.8 Å². The van der Waals surface area contributed by atoms with Crippen LogP contribution in [0.3, 0.4) is 0 Å². The minimum Gasteiger partial charge on any atom is -0.398 e. The van der Waals surface area contributed by atoms with Crippen molar-refractivity contribution >= 4 is 15.7 Å². The van der Waals surface area contributed by atoms with Crippen LogP contribution < -0.4 is 5.73 Å². The standard InChI is InChI=1S/C14H21FN2O2S/c1-9-6-10(2)11(3)17(8-9)20(18,19)14-5-4-12(15)7-13(14)16/h4-5,7,9-11H,6,8,16H2,1-3H3. The van der Waals surface area contributed by atoms with Crippen molar-refractivity contribution < 1.29 is 12.8 Å². The maximum atomic E-state index is 13.1. The Morgan fingerprint density at radius 1 is 1.30 bits per heavy atom. The summed E-state index contributed by atoms with van der Waals surface area (Å²) in [4.78, 5) is -0.00736. The molecule has 0 amide bonds. The molecular formula is C14H21FN2O2S. The van der Waals surface area contributed by atoms with Gasteiger partial charge in [-0.3, -0.25) is 0 Å². The highest BCUT2D eigenvalue weighted by atomic mass is 32.2. The molecule has 0 saturated carbocycles. The predicted octanol–water partition coefficient (Wildman–Crippen LogP) is 2.46. The zero-order chi connectivity index (χ0) is 15.1. The van der Waals surface area contributed by atoms with Crippen molar-refractivity contribution in [3.05, 3.63) is 24.0 Å². The first-order valence-corrected chi connectivity index (χ1v) is 8.24. The van der Waals surface area contributed by atoms with Gasteiger partial charge >= 0.3 is 0 Å². The summed E-state index contributed by atoms with van der Waals surface area (Å²) in [5, 5.41) is 0. The van der Waals surface area contributed by atoms with Crippen LogP contribution in [0.4, 0.5) is 10.1 Å². The number of sulfonamides is 1. The highest BCUT2D eigenvalue weighted by Gasteiger charge is 2.37. The van der Waals surface area contributed by atoms with Crippen molar-refractivity contribution in [2.75, 3.05) is 12.3 Å². The number of hydrogen-bond donors (Lipinski definition) is 1. The summed E-state index contributed by atoms with van der Waals surface area (Å²) in [5.41, 5.74) is 5.64. The van der Waals surface area contributed by atoms with E-state index in [0.29, 0.717) is 12.5 Å². The Hall–Kier alpha value is -1.14. The Morgan fingerprint density at radius 2 is 1.95 bits per heavy atom. The van der Waals surface area contributed by atoms with Gasteiger partial charge in [0, 0.05) is 12.6 Å². The van der Waals surface area contributed by atoms with Crippen molar-refractivity contribution in [1.82, 2.24) is 4.31 Å². The molecule has 112 valence electrons. The minimum atomic E-state index is -3.68. The van der Waals surface area contributed by atoms with Crippen LogP contribution >= 0.6 is 0 Å². The Labute approximate surface area is 119 Å². The van der Waals surface area contributed by atoms with Gasteiger partial charge in [-0.1, -0.05) is 13.8 Å². The van der Waals surface area contributed by atoms with Crippen LogP contribution in [0.25, 0.3) is 0 Å². The number of rotatable bonds is 2. The lowest BCUT2D eigenvalue weighted by atomic mass is 9.88. The summed E-state index contributed by atoms with van der Waals surface area (Å²) in [6.45, 7) is 6.48. The van der Waals surface area contributed by atoms with E-state index in [2.05, 4.69) is 6.92 Å². The van der Waals surface area contributed by atoms with Crippen molar-refractivity contribution in [3.8, 4) is 0 Å². The zero-order valence-corrected chi connectivity index (χ0v) is 12.8. The maximum absolute atomic E-state index is 13.1. The van der Waals surface area contributed by atoms with Crippen LogP contribution in [-0.4, -0.2) is 25.3 Å². The van der Waals surface area contributed by atoms with E-state index in [9.17, 15) is 12.8 Å². The average Bonchev–Trinajstić information content (AvgIpc) is 2.33. The van der Waals surface area contributed by atoms with Gasteiger partial charge in [0.2, 0.25) is 10.0 Å². The highest BCUT2D eigenvalue weighted by molar-refractivity contribution is 7.89. The summed E-state index contributed by atoms with van der Waals surface area (Å²) in [5.74, 6) is 0.0581. The molecule has 1 aliphatic heterocycles. The molecule has 2 N–H and O–H groups in total. The lowest BCUT2D eigenvalue weighted by molar-refractivity contribution is 0.157. The fraction of sp³-hybridized carbons (Fsp3) is 0.571. The molecule has 1 heterocycles. The van der Waals surface area contributed by atoms with Gasteiger partial charge in [-0.05, 0) is 43.4 Å². The summed E-state index contributed by atoms with van der Waals surface area (Å²) < 4.78 is 40.1. The van der Waals surface area contributed by atoms with Crippen LogP contribution in [0.2, 0.25) is 0 Å². The second-order valence-electron chi connectivity index (χ2n) is 5.82. The fourth-order valence-corrected chi connectivity index (χ4v) is 4.81. The molecule has 2 rings (SSSR count). The predicted molar refractivity (Wildman–Crippen MR) is 77.1 cm³/mol. The first-order valence-electron chi connectivity index (χ1n) is 6.80. The summed E-state index contributed by atoms with van der Waals surface area (Å²) in [7, 11) is -3.68. The zero-order valence-electron chi connectivity index (χ0n) is 12.0. The monoisotopic (exact) mass is 300 g/mol. The minimum absolute atomic E-state index is 0.00736. The van der Waals surface area contributed by atoms with E-state index in [-0.39, 0.29) is 22.5 Å². The molecule has 1 aromatic carbocycles. The van der Waals surface area contributed by atoms with E-state index in [0.717, 1.165) is 18.6 Å². The third-order valence-electron chi connectivity index (χ3n) is 4.10. The largest absolute Gasteiger partial charge is 0.398 e. The number of piperidine rings is 1. The Bertz CT molecular complexity index is 603. The molecule has 1 aromatic rings. The van der Waals surface area contributed by atoms with Gasteiger partial charge in [-0.25, -0.2) is 12.8 Å². The van der Waals surface area contributed by atoms with Crippen molar-refractivity contribution in [2.24, 2.45) is 11.8 Å². The number of nitrogens with two attached hydrogens (primary N) is 1. The Kier molecular flexibility index (Phi) is 4.07. The Balaban J connectivity index is 2.43. The van der Waals surface area contributed by atoms with Gasteiger partial charge in [0.1, 0.15) is 10.7 Å². The molecule has 1 aliphatic rings. The van der Waals surface area contributed by atoms with Crippen LogP contribution in [0.1, 0.15) is 27.2 Å². The molecule has 1 saturated heterocycles. The van der Waals surface area contributed by atoms with E-state index in [4.69, 9.17) is 5.73 Å². The summed E-state index contributed by atoms with van der Waals surface area (Å²) in [6, 6.07) is 3.34. The fourth-order valence-electron chi connectivity index (χ4n) is 2.86. The second-order valence-corrected chi connectivity index (χ2v) is 7.67. The number of halogens is 1. The number of anilines is 1. The molecule has 3 unspecified atom stereocenters. The van der Waals surface area contributed by atoms with Crippen LogP contribution in [0, 0.1) is 17.7 Å². The molecule has 0 aromatic heterocycles. The molecule has 6 heteroatoms.